The summed E-state index contributed by atoms with van der Waals surface area (Å²) in [5, 5.41) is 9.08. The molecule has 0 spiro atoms. The van der Waals surface area contributed by atoms with Crippen molar-refractivity contribution in [2.75, 3.05) is 0 Å². The highest BCUT2D eigenvalue weighted by Crippen LogP contribution is 2.43. The fourth-order valence-corrected chi connectivity index (χ4v) is 13.8. The van der Waals surface area contributed by atoms with Crippen LogP contribution in [0.4, 0.5) is 0 Å². The predicted molar refractivity (Wildman–Crippen MR) is 410 cm³/mol. The normalized spacial score (nSPS) is 13.7. The lowest BCUT2D eigenvalue weighted by Gasteiger charge is -2.11. The molecule has 0 saturated carbocycles. The minimum absolute atomic E-state index is 0.00326. The van der Waals surface area contributed by atoms with Crippen molar-refractivity contribution in [1.82, 2.24) is 48.2 Å². The van der Waals surface area contributed by atoms with E-state index in [2.05, 4.69) is 178 Å². The molecule has 0 atom stereocenters. The van der Waals surface area contributed by atoms with Gasteiger partial charge in [0.25, 0.3) is 0 Å². The molecule has 0 radical (unpaired) electrons. The minimum atomic E-state index is -0.603. The van der Waals surface area contributed by atoms with Crippen LogP contribution in [-0.4, -0.2) is 48.2 Å². The Morgan fingerprint density at radius 3 is 0.700 bits per heavy atom. The van der Waals surface area contributed by atoms with Crippen molar-refractivity contribution in [1.29, 1.82) is 0 Å². The van der Waals surface area contributed by atoms with E-state index in [4.69, 9.17) is 30.5 Å². The van der Waals surface area contributed by atoms with Crippen LogP contribution in [0.5, 0.6) is 0 Å². The molecule has 10 heteroatoms. The maximum absolute atomic E-state index is 8.65. The molecular formula is C90H58N10. The molecule has 100 heavy (non-hydrogen) atoms. The molecule has 0 aliphatic carbocycles. The fourth-order valence-electron chi connectivity index (χ4n) is 13.8. The van der Waals surface area contributed by atoms with Crippen LogP contribution >= 0.6 is 0 Å². The van der Waals surface area contributed by atoms with Crippen LogP contribution in [0, 0.1) is 0 Å². The van der Waals surface area contributed by atoms with E-state index in [1.807, 2.05) is 109 Å². The number of aromatic nitrogens is 10. The van der Waals surface area contributed by atoms with Crippen LogP contribution in [0.3, 0.4) is 0 Å². The Balaban J connectivity index is 0.000000154. The summed E-state index contributed by atoms with van der Waals surface area (Å²) < 4.78 is 135. The summed E-state index contributed by atoms with van der Waals surface area (Å²) in [6, 6.07) is 80.0. The highest BCUT2D eigenvalue weighted by atomic mass is 15.1. The first-order valence-electron chi connectivity index (χ1n) is 39.9. The first-order valence-corrected chi connectivity index (χ1v) is 32.4. The molecule has 0 fully saturated rings. The van der Waals surface area contributed by atoms with Crippen molar-refractivity contribution < 1.29 is 20.6 Å². The zero-order valence-electron chi connectivity index (χ0n) is 67.8. The van der Waals surface area contributed by atoms with Gasteiger partial charge in [-0.05, 0) is 121 Å². The minimum Gasteiger partial charge on any atom is -0.309 e. The zero-order valence-corrected chi connectivity index (χ0v) is 52.8. The number of fused-ring (bicyclic) bond motifs is 12. The molecule has 468 valence electrons. The van der Waals surface area contributed by atoms with Crippen LogP contribution in [0.2, 0.25) is 0 Å². The van der Waals surface area contributed by atoms with E-state index in [1.165, 1.54) is 10.8 Å². The van der Waals surface area contributed by atoms with Gasteiger partial charge in [0.2, 0.25) is 0 Å². The summed E-state index contributed by atoms with van der Waals surface area (Å²) in [5.74, 6) is 0.0167. The Bertz CT molecular complexity index is 7290. The zero-order chi connectivity index (χ0) is 79.1. The van der Waals surface area contributed by atoms with E-state index in [1.54, 1.807) is 12.1 Å². The van der Waals surface area contributed by atoms with Crippen molar-refractivity contribution >= 4 is 87.2 Å². The van der Waals surface area contributed by atoms with Crippen molar-refractivity contribution in [3.05, 3.63) is 351 Å². The largest absolute Gasteiger partial charge is 0.309 e. The average molecular weight is 1290 g/mol. The molecule has 20 aromatic rings. The number of rotatable bonds is 10. The molecular weight excluding hydrogens is 1220 g/mol. The van der Waals surface area contributed by atoms with E-state index in [0.29, 0.717) is 28.3 Å². The average Bonchev–Trinajstić information content (AvgIpc) is 1.55. The Morgan fingerprint density at radius 1 is 0.180 bits per heavy atom. The third-order valence-electron chi connectivity index (χ3n) is 18.2. The summed E-state index contributed by atoms with van der Waals surface area (Å²) in [7, 11) is 0. The van der Waals surface area contributed by atoms with E-state index in [0.717, 1.165) is 99.2 Å². The lowest BCUT2D eigenvalue weighted by Crippen LogP contribution is -2.00. The van der Waals surface area contributed by atoms with Gasteiger partial charge in [0.1, 0.15) is 0 Å². The molecule has 0 aliphatic heterocycles. The lowest BCUT2D eigenvalue weighted by molar-refractivity contribution is 1.07. The second-order valence-electron chi connectivity index (χ2n) is 23.9. The van der Waals surface area contributed by atoms with Gasteiger partial charge >= 0.3 is 0 Å². The first-order chi connectivity index (χ1) is 55.8. The van der Waals surface area contributed by atoms with Crippen LogP contribution in [0.25, 0.3) is 178 Å². The molecule has 0 aliphatic rings. The van der Waals surface area contributed by atoms with Gasteiger partial charge in [0.05, 0.1) is 64.7 Å². The third kappa shape index (κ3) is 9.96. The molecule has 10 nitrogen and oxygen atoms in total. The predicted octanol–water partition coefficient (Wildman–Crippen LogP) is 22.1. The highest BCUT2D eigenvalue weighted by molar-refractivity contribution is 6.21. The molecule has 6 aromatic heterocycles. The van der Waals surface area contributed by atoms with E-state index in [-0.39, 0.29) is 52.1 Å². The van der Waals surface area contributed by atoms with Gasteiger partial charge in [0, 0.05) is 99.2 Å². The second-order valence-corrected chi connectivity index (χ2v) is 23.9. The second kappa shape index (κ2) is 24.2. The summed E-state index contributed by atoms with van der Waals surface area (Å²) >= 11 is 0. The quantitative estimate of drug-likeness (QED) is 0.135. The number of nitrogens with zero attached hydrogens (tertiary/aromatic N) is 10. The summed E-state index contributed by atoms with van der Waals surface area (Å²) in [6.45, 7) is 0. The standard InChI is InChI=1S/2C45H29N5/c2*1-4-14-30(15-5-1)43-46-44(31-16-6-2-7-17-31)48-45(47-43)32-24-26-34(27-25-32)50-40-23-13-11-21-36(40)38-28-37-35-20-10-12-22-39(35)49(41(37)29-42(38)50)33-18-8-3-9-19-33/h2*1-29H/i1D,2D,4D,5D,6D,7D,14D,15D,16D,17D;1D,4D,5D,14D,15D. The third-order valence-corrected chi connectivity index (χ3v) is 18.2. The van der Waals surface area contributed by atoms with Gasteiger partial charge in [-0.25, -0.2) is 29.9 Å². The smallest absolute Gasteiger partial charge is 0.164 e. The van der Waals surface area contributed by atoms with Gasteiger partial charge in [-0.3, -0.25) is 0 Å². The van der Waals surface area contributed by atoms with Crippen molar-refractivity contribution in [2.24, 2.45) is 0 Å². The lowest BCUT2D eigenvalue weighted by atomic mass is 10.1. The van der Waals surface area contributed by atoms with E-state index < -0.39 is 78.6 Å². The van der Waals surface area contributed by atoms with Gasteiger partial charge in [-0.2, -0.15) is 0 Å². The molecule has 20 rings (SSSR count). The Kier molecular flexibility index (Phi) is 10.7. The van der Waals surface area contributed by atoms with Crippen molar-refractivity contribution in [3.63, 3.8) is 0 Å². The Morgan fingerprint density at radius 2 is 0.410 bits per heavy atom. The summed E-state index contributed by atoms with van der Waals surface area (Å²) in [6.07, 6.45) is 0. The molecule has 0 unspecified atom stereocenters. The van der Waals surface area contributed by atoms with Crippen molar-refractivity contribution in [2.45, 2.75) is 0 Å². The van der Waals surface area contributed by atoms with Gasteiger partial charge in [-0.15, -0.1) is 0 Å². The summed E-state index contributed by atoms with van der Waals surface area (Å²) in [5.41, 5.74) is 13.5. The number of para-hydroxylation sites is 6. The number of hydrogen-bond donors (Lipinski definition) is 0. The Labute approximate surface area is 596 Å². The Hall–Kier alpha value is -13.7. The maximum Gasteiger partial charge on any atom is 0.164 e. The van der Waals surface area contributed by atoms with Gasteiger partial charge in [0.15, 0.2) is 34.9 Å². The van der Waals surface area contributed by atoms with E-state index >= 15 is 0 Å². The topological polar surface area (TPSA) is 97.1 Å². The van der Waals surface area contributed by atoms with Gasteiger partial charge in [-0.1, -0.05) is 230 Å². The summed E-state index contributed by atoms with van der Waals surface area (Å²) in [4.78, 5) is 27.7. The fraction of sp³-hybridized carbons (Fsp3) is 0. The van der Waals surface area contributed by atoms with Crippen LogP contribution < -0.4 is 0 Å². The SMILES string of the molecule is [2H]c1c([2H])c([2H])c(-c2nc(-c3ccc(-n4c5ccccc5c5cc6c7ccccc7n(-c7ccccc7)c6cc54)cc3)nc(-c3c([2H])c([2H])c([2H])c([2H])c3[2H])n2)c([2H])c1[2H].[2H]c1c([2H])c([2H])c(-c2nc(-c3ccccc3)nc(-c3ccc(-n4c5ccccc5c5cc6c7ccccc7n(-c7ccccc7)c6cc54)cc3)n2)c([2H])c1[2H]. The molecule has 0 saturated heterocycles. The maximum atomic E-state index is 8.65. The van der Waals surface area contributed by atoms with Crippen LogP contribution in [0.15, 0.2) is 351 Å². The number of hydrogen-bond acceptors (Lipinski definition) is 6. The van der Waals surface area contributed by atoms with Crippen molar-refractivity contribution in [3.8, 4) is 91.1 Å². The molecule has 0 N–H and O–H groups in total. The van der Waals surface area contributed by atoms with Gasteiger partial charge < -0.3 is 18.3 Å². The van der Waals surface area contributed by atoms with E-state index in [9.17, 15) is 0 Å². The number of benzene rings is 14. The van der Waals surface area contributed by atoms with Crippen LogP contribution in [-0.2, 0) is 0 Å². The highest BCUT2D eigenvalue weighted by Gasteiger charge is 2.22. The molecule has 14 aromatic carbocycles. The molecule has 0 bridgehead atoms. The first kappa shape index (κ1) is 44.1. The molecule has 0 amide bonds. The van der Waals surface area contributed by atoms with Crippen LogP contribution in [0.1, 0.15) is 20.6 Å². The monoisotopic (exact) mass is 1290 g/mol. The molecule has 6 heterocycles.